The van der Waals surface area contributed by atoms with Gasteiger partial charge in [0.25, 0.3) is 0 Å². The summed E-state index contributed by atoms with van der Waals surface area (Å²) in [6.07, 6.45) is 0.217. The number of hydrogen-bond acceptors (Lipinski definition) is 3. The molecule has 88 valence electrons. The number of rotatable bonds is 3. The zero-order valence-electron chi connectivity index (χ0n) is 9.24. The maximum absolute atomic E-state index is 12.9. The standard InChI is InChI=1S/C12H11FN2OS/c1-8-7-17-12(14-8)6-11(16)15-10-4-2-3-9(13)5-10/h2-5,7H,6H2,1H3,(H,15,16). The maximum atomic E-state index is 12.9. The Morgan fingerprint density at radius 3 is 3.00 bits per heavy atom. The Bertz CT molecular complexity index is 539. The Labute approximate surface area is 102 Å². The third kappa shape index (κ3) is 3.35. The predicted octanol–water partition coefficient (Wildman–Crippen LogP) is 2.77. The lowest BCUT2D eigenvalue weighted by molar-refractivity contribution is -0.115. The van der Waals surface area contributed by atoms with Crippen molar-refractivity contribution in [2.45, 2.75) is 13.3 Å². The van der Waals surface area contributed by atoms with Crippen molar-refractivity contribution >= 4 is 22.9 Å². The van der Waals surface area contributed by atoms with Crippen molar-refractivity contribution in [3.05, 3.63) is 46.2 Å². The summed E-state index contributed by atoms with van der Waals surface area (Å²) >= 11 is 1.45. The zero-order chi connectivity index (χ0) is 12.3. The van der Waals surface area contributed by atoms with Crippen LogP contribution in [0, 0.1) is 12.7 Å². The van der Waals surface area contributed by atoms with Crippen LogP contribution in [0.1, 0.15) is 10.7 Å². The molecule has 2 aromatic rings. The van der Waals surface area contributed by atoms with Gasteiger partial charge in [-0.15, -0.1) is 11.3 Å². The van der Waals surface area contributed by atoms with E-state index in [0.29, 0.717) is 5.69 Å². The highest BCUT2D eigenvalue weighted by Crippen LogP contribution is 2.12. The van der Waals surface area contributed by atoms with Gasteiger partial charge in [-0.05, 0) is 25.1 Å². The number of anilines is 1. The highest BCUT2D eigenvalue weighted by Gasteiger charge is 2.07. The number of amides is 1. The molecule has 2 rings (SSSR count). The third-order valence-electron chi connectivity index (χ3n) is 2.09. The van der Waals surface area contributed by atoms with Crippen LogP contribution in [0.4, 0.5) is 10.1 Å². The zero-order valence-corrected chi connectivity index (χ0v) is 10.1. The molecule has 0 spiro atoms. The number of hydrogen-bond donors (Lipinski definition) is 1. The molecule has 0 unspecified atom stereocenters. The van der Waals surface area contributed by atoms with Crippen molar-refractivity contribution in [1.82, 2.24) is 4.98 Å². The van der Waals surface area contributed by atoms with Gasteiger partial charge in [0.05, 0.1) is 6.42 Å². The van der Waals surface area contributed by atoms with Crippen molar-refractivity contribution < 1.29 is 9.18 Å². The van der Waals surface area contributed by atoms with Gasteiger partial charge in [0.15, 0.2) is 0 Å². The van der Waals surface area contributed by atoms with E-state index in [1.807, 2.05) is 12.3 Å². The van der Waals surface area contributed by atoms with Crippen molar-refractivity contribution in [1.29, 1.82) is 0 Å². The lowest BCUT2D eigenvalue weighted by Crippen LogP contribution is -2.14. The van der Waals surface area contributed by atoms with Crippen LogP contribution in [0.3, 0.4) is 0 Å². The highest BCUT2D eigenvalue weighted by atomic mass is 32.1. The quantitative estimate of drug-likeness (QED) is 0.910. The number of aryl methyl sites for hydroxylation is 1. The fourth-order valence-electron chi connectivity index (χ4n) is 1.39. The Kier molecular flexibility index (Phi) is 3.49. The topological polar surface area (TPSA) is 42.0 Å². The summed E-state index contributed by atoms with van der Waals surface area (Å²) in [4.78, 5) is 15.8. The minimum Gasteiger partial charge on any atom is -0.326 e. The smallest absolute Gasteiger partial charge is 0.231 e. The molecule has 0 aliphatic heterocycles. The minimum absolute atomic E-state index is 0.190. The number of halogens is 1. The summed E-state index contributed by atoms with van der Waals surface area (Å²) < 4.78 is 12.9. The second-order valence-electron chi connectivity index (χ2n) is 3.62. The van der Waals surface area contributed by atoms with Crippen LogP contribution in [0.25, 0.3) is 0 Å². The number of nitrogens with one attached hydrogen (secondary N) is 1. The highest BCUT2D eigenvalue weighted by molar-refractivity contribution is 7.09. The SMILES string of the molecule is Cc1csc(CC(=O)Nc2cccc(F)c2)n1. The number of aromatic nitrogens is 1. The van der Waals surface area contributed by atoms with Gasteiger partial charge in [-0.25, -0.2) is 9.37 Å². The lowest BCUT2D eigenvalue weighted by atomic mass is 10.3. The van der Waals surface area contributed by atoms with E-state index >= 15 is 0 Å². The molecule has 17 heavy (non-hydrogen) atoms. The minimum atomic E-state index is -0.368. The molecule has 1 aromatic carbocycles. The molecule has 0 fully saturated rings. The molecule has 1 heterocycles. The average Bonchev–Trinajstić information content (AvgIpc) is 2.63. The first-order valence-corrected chi connectivity index (χ1v) is 5.98. The van der Waals surface area contributed by atoms with Gasteiger partial charge in [-0.1, -0.05) is 6.07 Å². The molecule has 1 amide bonds. The van der Waals surface area contributed by atoms with E-state index < -0.39 is 0 Å². The summed E-state index contributed by atoms with van der Waals surface area (Å²) in [7, 11) is 0. The van der Waals surface area contributed by atoms with Crippen molar-refractivity contribution in [2.24, 2.45) is 0 Å². The summed E-state index contributed by atoms with van der Waals surface area (Å²) in [5.74, 6) is -0.558. The molecule has 0 bridgehead atoms. The Balaban J connectivity index is 1.98. The largest absolute Gasteiger partial charge is 0.326 e. The van der Waals surface area contributed by atoms with Crippen LogP contribution in [0.2, 0.25) is 0 Å². The van der Waals surface area contributed by atoms with E-state index in [1.165, 1.54) is 23.5 Å². The van der Waals surface area contributed by atoms with Crippen molar-refractivity contribution in [3.8, 4) is 0 Å². The fourth-order valence-corrected chi connectivity index (χ4v) is 2.16. The van der Waals surface area contributed by atoms with Crippen LogP contribution in [-0.4, -0.2) is 10.9 Å². The molecule has 0 atom stereocenters. The molecule has 3 nitrogen and oxygen atoms in total. The molecule has 0 radical (unpaired) electrons. The van der Waals surface area contributed by atoms with Crippen LogP contribution >= 0.6 is 11.3 Å². The number of thiazole rings is 1. The first kappa shape index (κ1) is 11.7. The molecule has 1 N–H and O–H groups in total. The first-order chi connectivity index (χ1) is 8.13. The van der Waals surface area contributed by atoms with E-state index in [9.17, 15) is 9.18 Å². The third-order valence-corrected chi connectivity index (χ3v) is 3.05. The van der Waals surface area contributed by atoms with Gasteiger partial charge in [0, 0.05) is 16.8 Å². The van der Waals surface area contributed by atoms with Crippen LogP contribution in [0.5, 0.6) is 0 Å². The molecular weight excluding hydrogens is 239 g/mol. The van der Waals surface area contributed by atoms with Crippen LogP contribution in [0.15, 0.2) is 29.6 Å². The van der Waals surface area contributed by atoms with Gasteiger partial charge in [0.1, 0.15) is 10.8 Å². The number of carbonyl (C=O) groups is 1. The first-order valence-electron chi connectivity index (χ1n) is 5.10. The molecule has 0 aliphatic carbocycles. The molecule has 5 heteroatoms. The average molecular weight is 250 g/mol. The monoisotopic (exact) mass is 250 g/mol. The van der Waals surface area contributed by atoms with E-state index in [0.717, 1.165) is 10.7 Å². The summed E-state index contributed by atoms with van der Waals surface area (Å²) in [5, 5.41) is 5.28. The number of nitrogens with zero attached hydrogens (tertiary/aromatic N) is 1. The second-order valence-corrected chi connectivity index (χ2v) is 4.56. The van der Waals surface area contributed by atoms with E-state index in [-0.39, 0.29) is 18.1 Å². The van der Waals surface area contributed by atoms with E-state index in [4.69, 9.17) is 0 Å². The Hall–Kier alpha value is -1.75. The van der Waals surface area contributed by atoms with Gasteiger partial charge >= 0.3 is 0 Å². The van der Waals surface area contributed by atoms with Gasteiger partial charge in [-0.3, -0.25) is 4.79 Å². The predicted molar refractivity (Wildman–Crippen MR) is 65.6 cm³/mol. The lowest BCUT2D eigenvalue weighted by Gasteiger charge is -2.03. The molecular formula is C12H11FN2OS. The summed E-state index contributed by atoms with van der Waals surface area (Å²) in [5.41, 5.74) is 1.37. The molecule has 1 aromatic heterocycles. The maximum Gasteiger partial charge on any atom is 0.231 e. The normalized spacial score (nSPS) is 10.2. The van der Waals surface area contributed by atoms with Crippen LogP contribution in [-0.2, 0) is 11.2 Å². The van der Waals surface area contributed by atoms with E-state index in [2.05, 4.69) is 10.3 Å². The number of carbonyl (C=O) groups excluding carboxylic acids is 1. The Morgan fingerprint density at radius 2 is 2.35 bits per heavy atom. The molecule has 0 saturated carbocycles. The van der Waals surface area contributed by atoms with E-state index in [1.54, 1.807) is 12.1 Å². The molecule has 0 aliphatic rings. The summed E-state index contributed by atoms with van der Waals surface area (Å²) in [6, 6.07) is 5.82. The van der Waals surface area contributed by atoms with Crippen molar-refractivity contribution in [2.75, 3.05) is 5.32 Å². The van der Waals surface area contributed by atoms with Gasteiger partial charge in [0.2, 0.25) is 5.91 Å². The summed E-state index contributed by atoms with van der Waals surface area (Å²) in [6.45, 7) is 1.88. The fraction of sp³-hybridized carbons (Fsp3) is 0.167. The Morgan fingerprint density at radius 1 is 1.53 bits per heavy atom. The molecule has 0 saturated heterocycles. The van der Waals surface area contributed by atoms with Crippen molar-refractivity contribution in [3.63, 3.8) is 0 Å². The van der Waals surface area contributed by atoms with Gasteiger partial charge < -0.3 is 5.32 Å². The van der Waals surface area contributed by atoms with Gasteiger partial charge in [-0.2, -0.15) is 0 Å². The van der Waals surface area contributed by atoms with Crippen LogP contribution < -0.4 is 5.32 Å². The second kappa shape index (κ2) is 5.05. The number of benzene rings is 1.